The third-order valence-corrected chi connectivity index (χ3v) is 4.10. The molecule has 3 rings (SSSR count). The second kappa shape index (κ2) is 7.21. The standard InChI is InChI=1S/C18H18FN3O2/c19-15-5-3-13(4-6-15)7-9-22-12-14(10-17(22)23)18(24)21-16-2-1-8-20-11-16/h1-6,8,11,14H,7,9-10,12H2,(H,21,24)/t14-/m1/s1. The summed E-state index contributed by atoms with van der Waals surface area (Å²) in [5.74, 6) is -0.821. The number of halogens is 1. The lowest BCUT2D eigenvalue weighted by Gasteiger charge is -2.16. The van der Waals surface area contributed by atoms with Crippen LogP contribution in [-0.2, 0) is 16.0 Å². The van der Waals surface area contributed by atoms with Crippen LogP contribution in [0.5, 0.6) is 0 Å². The van der Waals surface area contributed by atoms with Gasteiger partial charge < -0.3 is 10.2 Å². The van der Waals surface area contributed by atoms with Crippen LogP contribution in [0.4, 0.5) is 10.1 Å². The monoisotopic (exact) mass is 327 g/mol. The van der Waals surface area contributed by atoms with E-state index in [2.05, 4.69) is 10.3 Å². The van der Waals surface area contributed by atoms with Crippen molar-refractivity contribution >= 4 is 17.5 Å². The van der Waals surface area contributed by atoms with E-state index in [0.29, 0.717) is 25.2 Å². The molecule has 1 aliphatic heterocycles. The van der Waals surface area contributed by atoms with Crippen molar-refractivity contribution < 1.29 is 14.0 Å². The minimum Gasteiger partial charge on any atom is -0.342 e. The highest BCUT2D eigenvalue weighted by molar-refractivity contribution is 5.97. The zero-order chi connectivity index (χ0) is 16.9. The van der Waals surface area contributed by atoms with E-state index in [-0.39, 0.29) is 30.0 Å². The van der Waals surface area contributed by atoms with Crippen molar-refractivity contribution in [3.05, 3.63) is 60.2 Å². The molecule has 1 aliphatic rings. The molecule has 1 atom stereocenters. The number of hydrogen-bond acceptors (Lipinski definition) is 3. The van der Waals surface area contributed by atoms with Gasteiger partial charge in [0.2, 0.25) is 11.8 Å². The number of carbonyl (C=O) groups excluding carboxylic acids is 2. The molecule has 0 aliphatic carbocycles. The SMILES string of the molecule is O=C(Nc1cccnc1)[C@@H]1CC(=O)N(CCc2ccc(F)cc2)C1. The summed E-state index contributed by atoms with van der Waals surface area (Å²) in [5.41, 5.74) is 1.59. The first-order chi connectivity index (χ1) is 11.6. The molecule has 2 amide bonds. The molecule has 2 aromatic rings. The van der Waals surface area contributed by atoms with Crippen molar-refractivity contribution in [2.75, 3.05) is 18.4 Å². The highest BCUT2D eigenvalue weighted by Gasteiger charge is 2.33. The molecule has 2 heterocycles. The zero-order valence-corrected chi connectivity index (χ0v) is 13.1. The number of aromatic nitrogens is 1. The molecule has 0 unspecified atom stereocenters. The number of amides is 2. The fourth-order valence-corrected chi connectivity index (χ4v) is 2.76. The Kier molecular flexibility index (Phi) is 4.84. The number of carbonyl (C=O) groups is 2. The molecule has 1 aromatic carbocycles. The fraction of sp³-hybridized carbons (Fsp3) is 0.278. The molecule has 6 heteroatoms. The van der Waals surface area contributed by atoms with E-state index in [1.807, 2.05) is 0 Å². The number of likely N-dealkylation sites (tertiary alicyclic amines) is 1. The van der Waals surface area contributed by atoms with Gasteiger partial charge >= 0.3 is 0 Å². The number of rotatable bonds is 5. The molecule has 1 N–H and O–H groups in total. The third kappa shape index (κ3) is 3.95. The predicted octanol–water partition coefficient (Wildman–Crippen LogP) is 2.25. The second-order valence-electron chi connectivity index (χ2n) is 5.85. The Bertz CT molecular complexity index is 719. The lowest BCUT2D eigenvalue weighted by molar-refractivity contribution is -0.128. The summed E-state index contributed by atoms with van der Waals surface area (Å²) in [4.78, 5) is 30.0. The van der Waals surface area contributed by atoms with Gasteiger partial charge in [0, 0.05) is 25.7 Å². The van der Waals surface area contributed by atoms with Crippen LogP contribution < -0.4 is 5.32 Å². The average molecular weight is 327 g/mol. The summed E-state index contributed by atoms with van der Waals surface area (Å²) < 4.78 is 12.9. The molecule has 0 bridgehead atoms. The van der Waals surface area contributed by atoms with Crippen LogP contribution in [0.15, 0.2) is 48.8 Å². The second-order valence-corrected chi connectivity index (χ2v) is 5.85. The maximum absolute atomic E-state index is 12.9. The quantitative estimate of drug-likeness (QED) is 0.916. The van der Waals surface area contributed by atoms with Crippen LogP contribution in [0.25, 0.3) is 0 Å². The number of nitrogens with one attached hydrogen (secondary N) is 1. The van der Waals surface area contributed by atoms with Crippen molar-refractivity contribution in [3.63, 3.8) is 0 Å². The summed E-state index contributed by atoms with van der Waals surface area (Å²) in [5, 5.41) is 2.78. The van der Waals surface area contributed by atoms with Gasteiger partial charge in [0.05, 0.1) is 17.8 Å². The van der Waals surface area contributed by atoms with Gasteiger partial charge in [-0.25, -0.2) is 4.39 Å². The van der Waals surface area contributed by atoms with Gasteiger partial charge in [-0.2, -0.15) is 0 Å². The van der Waals surface area contributed by atoms with Crippen molar-refractivity contribution in [3.8, 4) is 0 Å². The van der Waals surface area contributed by atoms with Gasteiger partial charge in [-0.1, -0.05) is 12.1 Å². The van der Waals surface area contributed by atoms with E-state index < -0.39 is 0 Å². The molecule has 1 aromatic heterocycles. The number of benzene rings is 1. The average Bonchev–Trinajstić information content (AvgIpc) is 2.96. The zero-order valence-electron chi connectivity index (χ0n) is 13.1. The Hall–Kier alpha value is -2.76. The van der Waals surface area contributed by atoms with Gasteiger partial charge in [0.1, 0.15) is 5.82 Å². The van der Waals surface area contributed by atoms with E-state index in [1.165, 1.54) is 12.1 Å². The molecule has 0 saturated carbocycles. The van der Waals surface area contributed by atoms with Gasteiger partial charge in [-0.3, -0.25) is 14.6 Å². The number of anilines is 1. The number of pyridine rings is 1. The van der Waals surface area contributed by atoms with Crippen LogP contribution in [0.2, 0.25) is 0 Å². The Balaban J connectivity index is 1.53. The van der Waals surface area contributed by atoms with Crippen molar-refractivity contribution in [1.29, 1.82) is 0 Å². The Labute approximate surface area is 139 Å². The lowest BCUT2D eigenvalue weighted by Crippen LogP contribution is -2.30. The van der Waals surface area contributed by atoms with E-state index in [9.17, 15) is 14.0 Å². The van der Waals surface area contributed by atoms with Crippen LogP contribution in [0.1, 0.15) is 12.0 Å². The normalized spacial score (nSPS) is 17.1. The Morgan fingerprint density at radius 3 is 2.79 bits per heavy atom. The predicted molar refractivity (Wildman–Crippen MR) is 87.7 cm³/mol. The first-order valence-electron chi connectivity index (χ1n) is 7.85. The van der Waals surface area contributed by atoms with Crippen LogP contribution in [0, 0.1) is 11.7 Å². The topological polar surface area (TPSA) is 62.3 Å². The smallest absolute Gasteiger partial charge is 0.229 e. The van der Waals surface area contributed by atoms with Gasteiger partial charge in [0.15, 0.2) is 0 Å². The molecule has 1 saturated heterocycles. The highest BCUT2D eigenvalue weighted by atomic mass is 19.1. The van der Waals surface area contributed by atoms with Crippen molar-refractivity contribution in [1.82, 2.24) is 9.88 Å². The van der Waals surface area contributed by atoms with Gasteiger partial charge in [-0.05, 0) is 36.2 Å². The van der Waals surface area contributed by atoms with Gasteiger partial charge in [0.25, 0.3) is 0 Å². The summed E-state index contributed by atoms with van der Waals surface area (Å²) >= 11 is 0. The third-order valence-electron chi connectivity index (χ3n) is 4.10. The van der Waals surface area contributed by atoms with Crippen LogP contribution >= 0.6 is 0 Å². The minimum atomic E-state index is -0.356. The summed E-state index contributed by atoms with van der Waals surface area (Å²) in [6.07, 6.45) is 4.06. The molecule has 0 radical (unpaired) electrons. The van der Waals surface area contributed by atoms with E-state index in [1.54, 1.807) is 41.6 Å². The molecule has 124 valence electrons. The maximum atomic E-state index is 12.9. The largest absolute Gasteiger partial charge is 0.342 e. The number of hydrogen-bond donors (Lipinski definition) is 1. The lowest BCUT2D eigenvalue weighted by atomic mass is 10.1. The summed E-state index contributed by atoms with van der Waals surface area (Å²) in [7, 11) is 0. The molecular weight excluding hydrogens is 309 g/mol. The highest BCUT2D eigenvalue weighted by Crippen LogP contribution is 2.20. The van der Waals surface area contributed by atoms with E-state index in [0.717, 1.165) is 5.56 Å². The first kappa shape index (κ1) is 16.1. The summed E-state index contributed by atoms with van der Waals surface area (Å²) in [6, 6.07) is 9.74. The van der Waals surface area contributed by atoms with Crippen molar-refractivity contribution in [2.45, 2.75) is 12.8 Å². The Morgan fingerprint density at radius 2 is 2.08 bits per heavy atom. The molecule has 5 nitrogen and oxygen atoms in total. The van der Waals surface area contributed by atoms with Gasteiger partial charge in [-0.15, -0.1) is 0 Å². The molecular formula is C18H18FN3O2. The first-order valence-corrected chi connectivity index (χ1v) is 7.85. The molecule has 0 spiro atoms. The summed E-state index contributed by atoms with van der Waals surface area (Å²) in [6.45, 7) is 0.938. The molecule has 1 fully saturated rings. The van der Waals surface area contributed by atoms with Crippen LogP contribution in [0.3, 0.4) is 0 Å². The maximum Gasteiger partial charge on any atom is 0.229 e. The van der Waals surface area contributed by atoms with E-state index in [4.69, 9.17) is 0 Å². The minimum absolute atomic E-state index is 0.0246. The Morgan fingerprint density at radius 1 is 1.29 bits per heavy atom. The van der Waals surface area contributed by atoms with Crippen molar-refractivity contribution in [2.24, 2.45) is 5.92 Å². The van der Waals surface area contributed by atoms with E-state index >= 15 is 0 Å². The fourth-order valence-electron chi connectivity index (χ4n) is 2.76. The van der Waals surface area contributed by atoms with Crippen LogP contribution in [-0.4, -0.2) is 34.8 Å². The number of nitrogens with zero attached hydrogens (tertiary/aromatic N) is 2. The molecule has 24 heavy (non-hydrogen) atoms.